The average Bonchev–Trinajstić information content (AvgIpc) is 2.19. The van der Waals surface area contributed by atoms with Crippen LogP contribution in [0.1, 0.15) is 31.9 Å². The molecular formula is C13H18FNO. The van der Waals surface area contributed by atoms with Crippen LogP contribution in [-0.2, 0) is 0 Å². The van der Waals surface area contributed by atoms with Gasteiger partial charge in [-0.1, -0.05) is 5.57 Å². The number of ether oxygens (including phenoxy) is 1. The Hall–Kier alpha value is -1.35. The van der Waals surface area contributed by atoms with Crippen molar-refractivity contribution in [3.63, 3.8) is 0 Å². The number of benzene rings is 1. The Bertz CT molecular complexity index is 374. The maximum absolute atomic E-state index is 13.0. The summed E-state index contributed by atoms with van der Waals surface area (Å²) in [5.74, 6) is 0.359. The fourth-order valence-electron chi connectivity index (χ4n) is 1.34. The Balaban J connectivity index is 2.74. The van der Waals surface area contributed by atoms with E-state index in [1.807, 2.05) is 6.92 Å². The Morgan fingerprint density at radius 2 is 2.25 bits per heavy atom. The molecule has 1 aromatic carbocycles. The second-order valence-corrected chi connectivity index (χ2v) is 4.03. The predicted octanol–water partition coefficient (Wildman–Crippen LogP) is 3.19. The maximum atomic E-state index is 13.0. The molecule has 0 aliphatic heterocycles. The van der Waals surface area contributed by atoms with Crippen LogP contribution in [0.4, 0.5) is 4.39 Å². The van der Waals surface area contributed by atoms with Crippen molar-refractivity contribution in [3.8, 4) is 5.75 Å². The van der Waals surface area contributed by atoms with E-state index in [-0.39, 0.29) is 11.9 Å². The van der Waals surface area contributed by atoms with Crippen LogP contribution in [0.3, 0.4) is 0 Å². The SMILES string of the molecule is C=C(C)CCOc1ccc(F)cc1[C@@H](C)N. The molecule has 0 unspecified atom stereocenters. The summed E-state index contributed by atoms with van der Waals surface area (Å²) in [7, 11) is 0. The quantitative estimate of drug-likeness (QED) is 0.778. The van der Waals surface area contributed by atoms with Gasteiger partial charge in [0, 0.05) is 18.0 Å². The van der Waals surface area contributed by atoms with E-state index in [9.17, 15) is 4.39 Å². The molecule has 0 aromatic heterocycles. The first-order chi connectivity index (χ1) is 7.50. The van der Waals surface area contributed by atoms with Gasteiger partial charge in [-0.05, 0) is 32.0 Å². The van der Waals surface area contributed by atoms with E-state index in [1.165, 1.54) is 12.1 Å². The van der Waals surface area contributed by atoms with E-state index in [4.69, 9.17) is 10.5 Å². The molecule has 88 valence electrons. The summed E-state index contributed by atoms with van der Waals surface area (Å²) in [5, 5.41) is 0. The Morgan fingerprint density at radius 1 is 1.56 bits per heavy atom. The highest BCUT2D eigenvalue weighted by Gasteiger charge is 2.09. The van der Waals surface area contributed by atoms with Crippen molar-refractivity contribution in [3.05, 3.63) is 41.7 Å². The summed E-state index contributed by atoms with van der Waals surface area (Å²) in [6.45, 7) is 8.09. The van der Waals surface area contributed by atoms with E-state index in [2.05, 4.69) is 6.58 Å². The molecule has 0 amide bonds. The van der Waals surface area contributed by atoms with E-state index in [1.54, 1.807) is 13.0 Å². The van der Waals surface area contributed by atoms with Gasteiger partial charge in [-0.2, -0.15) is 0 Å². The number of rotatable bonds is 5. The maximum Gasteiger partial charge on any atom is 0.124 e. The van der Waals surface area contributed by atoms with Crippen molar-refractivity contribution >= 4 is 0 Å². The molecular weight excluding hydrogens is 205 g/mol. The van der Waals surface area contributed by atoms with Crippen LogP contribution in [0.2, 0.25) is 0 Å². The first-order valence-corrected chi connectivity index (χ1v) is 5.33. The second kappa shape index (κ2) is 5.66. The minimum absolute atomic E-state index is 0.240. The predicted molar refractivity (Wildman–Crippen MR) is 63.9 cm³/mol. The summed E-state index contributed by atoms with van der Waals surface area (Å²) in [5.41, 5.74) is 7.51. The van der Waals surface area contributed by atoms with Gasteiger partial charge in [0.05, 0.1) is 6.61 Å². The average molecular weight is 223 g/mol. The van der Waals surface area contributed by atoms with Gasteiger partial charge in [0.25, 0.3) is 0 Å². The Kier molecular flexibility index (Phi) is 4.50. The third-order valence-corrected chi connectivity index (χ3v) is 2.25. The lowest BCUT2D eigenvalue weighted by molar-refractivity contribution is 0.316. The normalized spacial score (nSPS) is 12.2. The zero-order valence-electron chi connectivity index (χ0n) is 9.79. The molecule has 1 atom stereocenters. The molecule has 0 fully saturated rings. The van der Waals surface area contributed by atoms with Gasteiger partial charge in [0.2, 0.25) is 0 Å². The molecule has 1 aromatic rings. The molecule has 3 heteroatoms. The van der Waals surface area contributed by atoms with Crippen LogP contribution < -0.4 is 10.5 Å². The summed E-state index contributed by atoms with van der Waals surface area (Å²) in [6.07, 6.45) is 0.787. The van der Waals surface area contributed by atoms with Gasteiger partial charge >= 0.3 is 0 Å². The Labute approximate surface area is 95.9 Å². The summed E-state index contributed by atoms with van der Waals surface area (Å²) >= 11 is 0. The van der Waals surface area contributed by atoms with Crippen LogP contribution in [0, 0.1) is 5.82 Å². The molecule has 0 aliphatic rings. The molecule has 0 saturated heterocycles. The number of nitrogens with two attached hydrogens (primary N) is 1. The number of hydrogen-bond acceptors (Lipinski definition) is 2. The standard InChI is InChI=1S/C13H18FNO/c1-9(2)6-7-16-13-5-4-11(14)8-12(13)10(3)15/h4-5,8,10H,1,6-7,15H2,2-3H3/t10-/m1/s1. The lowest BCUT2D eigenvalue weighted by Gasteiger charge is -2.14. The summed E-state index contributed by atoms with van der Waals surface area (Å²) < 4.78 is 18.6. The minimum atomic E-state index is -0.292. The zero-order valence-corrected chi connectivity index (χ0v) is 9.79. The Morgan fingerprint density at radius 3 is 2.81 bits per heavy atom. The van der Waals surface area contributed by atoms with Crippen LogP contribution >= 0.6 is 0 Å². The van der Waals surface area contributed by atoms with Gasteiger partial charge in [-0.15, -0.1) is 6.58 Å². The van der Waals surface area contributed by atoms with Crippen LogP contribution in [0.25, 0.3) is 0 Å². The summed E-state index contributed by atoms with van der Waals surface area (Å²) in [4.78, 5) is 0. The highest BCUT2D eigenvalue weighted by molar-refractivity contribution is 5.36. The van der Waals surface area contributed by atoms with E-state index in [0.717, 1.165) is 12.0 Å². The molecule has 2 nitrogen and oxygen atoms in total. The zero-order chi connectivity index (χ0) is 12.1. The molecule has 0 aliphatic carbocycles. The highest BCUT2D eigenvalue weighted by atomic mass is 19.1. The van der Waals surface area contributed by atoms with Crippen molar-refractivity contribution in [2.45, 2.75) is 26.3 Å². The minimum Gasteiger partial charge on any atom is -0.493 e. The topological polar surface area (TPSA) is 35.2 Å². The molecule has 0 heterocycles. The molecule has 0 bridgehead atoms. The largest absolute Gasteiger partial charge is 0.493 e. The van der Waals surface area contributed by atoms with Gasteiger partial charge in [0.15, 0.2) is 0 Å². The van der Waals surface area contributed by atoms with E-state index < -0.39 is 0 Å². The van der Waals surface area contributed by atoms with Crippen molar-refractivity contribution < 1.29 is 9.13 Å². The lowest BCUT2D eigenvalue weighted by Crippen LogP contribution is -2.09. The van der Waals surface area contributed by atoms with E-state index in [0.29, 0.717) is 17.9 Å². The fourth-order valence-corrected chi connectivity index (χ4v) is 1.34. The lowest BCUT2D eigenvalue weighted by atomic mass is 10.1. The molecule has 2 N–H and O–H groups in total. The third-order valence-electron chi connectivity index (χ3n) is 2.25. The van der Waals surface area contributed by atoms with E-state index >= 15 is 0 Å². The van der Waals surface area contributed by atoms with Gasteiger partial charge in [-0.3, -0.25) is 0 Å². The molecule has 1 rings (SSSR count). The molecule has 0 spiro atoms. The first kappa shape index (κ1) is 12.7. The third kappa shape index (κ3) is 3.66. The smallest absolute Gasteiger partial charge is 0.124 e. The monoisotopic (exact) mass is 223 g/mol. The van der Waals surface area contributed by atoms with Crippen molar-refractivity contribution in [1.29, 1.82) is 0 Å². The van der Waals surface area contributed by atoms with Gasteiger partial charge in [-0.25, -0.2) is 4.39 Å². The number of hydrogen-bond donors (Lipinski definition) is 1. The highest BCUT2D eigenvalue weighted by Crippen LogP contribution is 2.24. The van der Waals surface area contributed by atoms with Crippen LogP contribution in [0.15, 0.2) is 30.4 Å². The number of halogens is 1. The van der Waals surface area contributed by atoms with Crippen molar-refractivity contribution in [2.24, 2.45) is 5.73 Å². The summed E-state index contributed by atoms with van der Waals surface area (Å²) in [6, 6.07) is 4.17. The van der Waals surface area contributed by atoms with Crippen molar-refractivity contribution in [2.75, 3.05) is 6.61 Å². The molecule has 0 saturated carbocycles. The van der Waals surface area contributed by atoms with Gasteiger partial charge < -0.3 is 10.5 Å². The van der Waals surface area contributed by atoms with Crippen LogP contribution in [-0.4, -0.2) is 6.61 Å². The van der Waals surface area contributed by atoms with Gasteiger partial charge in [0.1, 0.15) is 11.6 Å². The van der Waals surface area contributed by atoms with Crippen molar-refractivity contribution in [1.82, 2.24) is 0 Å². The first-order valence-electron chi connectivity index (χ1n) is 5.33. The molecule has 16 heavy (non-hydrogen) atoms. The second-order valence-electron chi connectivity index (χ2n) is 4.03. The fraction of sp³-hybridized carbons (Fsp3) is 0.385. The molecule has 0 radical (unpaired) electrons. The van der Waals surface area contributed by atoms with Crippen LogP contribution in [0.5, 0.6) is 5.75 Å².